The Morgan fingerprint density at radius 2 is 1.04 bits per heavy atom. The zero-order valence-electron chi connectivity index (χ0n) is 14.2. The van der Waals surface area contributed by atoms with Gasteiger partial charge in [0.2, 0.25) is 0 Å². The van der Waals surface area contributed by atoms with Crippen molar-refractivity contribution >= 4 is 0 Å². The molecule has 0 aromatic heterocycles. The maximum absolute atomic E-state index is 5.49. The van der Waals surface area contributed by atoms with Crippen LogP contribution in [0.3, 0.4) is 0 Å². The Labute approximate surface area is 143 Å². The highest BCUT2D eigenvalue weighted by Crippen LogP contribution is 2.26. The smallest absolute Gasteiger partial charge is 0.119 e. The Hall–Kier alpha value is -2.58. The maximum atomic E-state index is 5.49. The van der Waals surface area contributed by atoms with Crippen LogP contribution in [0.1, 0.15) is 12.5 Å². The second kappa shape index (κ2) is 7.80. The zero-order chi connectivity index (χ0) is 16.8. The average Bonchev–Trinajstić information content (AvgIpc) is 2.64. The predicted octanol–water partition coefficient (Wildman–Crippen LogP) is 5.57. The Kier molecular flexibility index (Phi) is 5.29. The molecule has 0 amide bonds. The van der Waals surface area contributed by atoms with Gasteiger partial charge in [-0.25, -0.2) is 0 Å². The first kappa shape index (κ1) is 16.3. The van der Waals surface area contributed by atoms with E-state index in [0.29, 0.717) is 13.2 Å². The van der Waals surface area contributed by atoms with Crippen LogP contribution in [0.5, 0.6) is 5.75 Å². The summed E-state index contributed by atoms with van der Waals surface area (Å²) in [5, 5.41) is 0. The number of methoxy groups -OCH3 is 1. The first-order chi connectivity index (χ1) is 11.8. The molecule has 3 aromatic rings. The molecule has 2 heteroatoms. The van der Waals surface area contributed by atoms with Crippen LogP contribution >= 0.6 is 0 Å². The Morgan fingerprint density at radius 3 is 1.46 bits per heavy atom. The third-order valence-electron chi connectivity index (χ3n) is 3.98. The zero-order valence-corrected chi connectivity index (χ0v) is 14.2. The summed E-state index contributed by atoms with van der Waals surface area (Å²) in [4.78, 5) is 0. The van der Waals surface area contributed by atoms with Crippen molar-refractivity contribution in [3.63, 3.8) is 0 Å². The van der Waals surface area contributed by atoms with Crippen molar-refractivity contribution in [2.75, 3.05) is 13.7 Å². The summed E-state index contributed by atoms with van der Waals surface area (Å²) < 4.78 is 10.6. The van der Waals surface area contributed by atoms with Crippen molar-refractivity contribution in [1.29, 1.82) is 0 Å². The molecule has 0 aliphatic rings. The van der Waals surface area contributed by atoms with Gasteiger partial charge in [-0.15, -0.1) is 0 Å². The molecule has 0 heterocycles. The minimum absolute atomic E-state index is 0.650. The van der Waals surface area contributed by atoms with E-state index in [2.05, 4.69) is 60.7 Å². The van der Waals surface area contributed by atoms with E-state index < -0.39 is 0 Å². The molecule has 0 fully saturated rings. The van der Waals surface area contributed by atoms with Crippen LogP contribution in [0.25, 0.3) is 22.3 Å². The molecular weight excluding hydrogens is 296 g/mol. The fraction of sp³-hybridized carbons (Fsp3) is 0.182. The third-order valence-corrected chi connectivity index (χ3v) is 3.98. The lowest BCUT2D eigenvalue weighted by Gasteiger charge is -2.07. The van der Waals surface area contributed by atoms with Crippen LogP contribution in [-0.2, 0) is 11.3 Å². The standard InChI is InChI=1S/C22H22O2/c1-3-24-22-14-12-21(13-15-22)20-10-8-19(9-11-20)18-6-4-17(5-7-18)16-23-2/h4-15H,3,16H2,1-2H3. The molecule has 0 saturated heterocycles. The molecule has 0 radical (unpaired) electrons. The molecule has 3 rings (SSSR count). The highest BCUT2D eigenvalue weighted by atomic mass is 16.5. The first-order valence-corrected chi connectivity index (χ1v) is 8.21. The third kappa shape index (κ3) is 3.84. The highest BCUT2D eigenvalue weighted by molar-refractivity contribution is 5.70. The van der Waals surface area contributed by atoms with Crippen molar-refractivity contribution in [1.82, 2.24) is 0 Å². The number of hydrogen-bond donors (Lipinski definition) is 0. The van der Waals surface area contributed by atoms with Crippen molar-refractivity contribution in [2.24, 2.45) is 0 Å². The second-order valence-electron chi connectivity index (χ2n) is 5.66. The lowest BCUT2D eigenvalue weighted by Crippen LogP contribution is -1.90. The van der Waals surface area contributed by atoms with Crippen LogP contribution in [0.2, 0.25) is 0 Å². The van der Waals surface area contributed by atoms with Crippen LogP contribution in [-0.4, -0.2) is 13.7 Å². The van der Waals surface area contributed by atoms with E-state index in [1.165, 1.54) is 27.8 Å². The number of ether oxygens (including phenoxy) is 2. The van der Waals surface area contributed by atoms with Gasteiger partial charge in [0.25, 0.3) is 0 Å². The summed E-state index contributed by atoms with van der Waals surface area (Å²) in [6, 6.07) is 25.4. The number of hydrogen-bond acceptors (Lipinski definition) is 2. The summed E-state index contributed by atoms with van der Waals surface area (Å²) >= 11 is 0. The molecule has 0 bridgehead atoms. The molecule has 3 aromatic carbocycles. The van der Waals surface area contributed by atoms with E-state index in [1.807, 2.05) is 19.1 Å². The van der Waals surface area contributed by atoms with Crippen molar-refractivity contribution in [3.8, 4) is 28.0 Å². The number of benzene rings is 3. The summed E-state index contributed by atoms with van der Waals surface area (Å²) in [6.45, 7) is 3.34. The van der Waals surface area contributed by atoms with Gasteiger partial charge >= 0.3 is 0 Å². The van der Waals surface area contributed by atoms with Crippen molar-refractivity contribution in [3.05, 3.63) is 78.4 Å². The Balaban J connectivity index is 1.77. The summed E-state index contributed by atoms with van der Waals surface area (Å²) in [7, 11) is 1.72. The molecule has 0 unspecified atom stereocenters. The fourth-order valence-electron chi connectivity index (χ4n) is 2.73. The van der Waals surface area contributed by atoms with Crippen LogP contribution in [0.4, 0.5) is 0 Å². The SMILES string of the molecule is CCOc1ccc(-c2ccc(-c3ccc(COC)cc3)cc2)cc1. The minimum Gasteiger partial charge on any atom is -0.494 e. The molecule has 0 spiro atoms. The molecule has 0 aliphatic carbocycles. The molecule has 0 atom stereocenters. The van der Waals surface area contributed by atoms with E-state index in [0.717, 1.165) is 5.75 Å². The van der Waals surface area contributed by atoms with Gasteiger partial charge in [-0.1, -0.05) is 60.7 Å². The van der Waals surface area contributed by atoms with Gasteiger partial charge in [-0.3, -0.25) is 0 Å². The van der Waals surface area contributed by atoms with E-state index in [9.17, 15) is 0 Å². The quantitative estimate of drug-likeness (QED) is 0.592. The predicted molar refractivity (Wildman–Crippen MR) is 99.2 cm³/mol. The molecular formula is C22H22O2. The van der Waals surface area contributed by atoms with Gasteiger partial charge in [0, 0.05) is 7.11 Å². The molecule has 2 nitrogen and oxygen atoms in total. The van der Waals surface area contributed by atoms with Gasteiger partial charge in [0.05, 0.1) is 13.2 Å². The topological polar surface area (TPSA) is 18.5 Å². The van der Waals surface area contributed by atoms with E-state index in [-0.39, 0.29) is 0 Å². The van der Waals surface area contributed by atoms with E-state index in [4.69, 9.17) is 9.47 Å². The lowest BCUT2D eigenvalue weighted by atomic mass is 9.99. The molecule has 122 valence electrons. The van der Waals surface area contributed by atoms with Crippen LogP contribution in [0, 0.1) is 0 Å². The largest absolute Gasteiger partial charge is 0.494 e. The van der Waals surface area contributed by atoms with Crippen molar-refractivity contribution < 1.29 is 9.47 Å². The molecule has 0 N–H and O–H groups in total. The lowest BCUT2D eigenvalue weighted by molar-refractivity contribution is 0.185. The van der Waals surface area contributed by atoms with Gasteiger partial charge in [-0.2, -0.15) is 0 Å². The van der Waals surface area contributed by atoms with Gasteiger partial charge < -0.3 is 9.47 Å². The van der Waals surface area contributed by atoms with E-state index in [1.54, 1.807) is 7.11 Å². The minimum atomic E-state index is 0.650. The molecule has 24 heavy (non-hydrogen) atoms. The second-order valence-corrected chi connectivity index (χ2v) is 5.66. The van der Waals surface area contributed by atoms with Crippen LogP contribution < -0.4 is 4.74 Å². The number of rotatable bonds is 6. The maximum Gasteiger partial charge on any atom is 0.119 e. The monoisotopic (exact) mass is 318 g/mol. The van der Waals surface area contributed by atoms with Crippen LogP contribution in [0.15, 0.2) is 72.8 Å². The Bertz CT molecular complexity index is 688. The van der Waals surface area contributed by atoms with Gasteiger partial charge in [-0.05, 0) is 46.9 Å². The molecule has 0 aliphatic heterocycles. The van der Waals surface area contributed by atoms with E-state index >= 15 is 0 Å². The first-order valence-electron chi connectivity index (χ1n) is 8.21. The summed E-state index contributed by atoms with van der Waals surface area (Å²) in [5.74, 6) is 0.911. The molecule has 0 saturated carbocycles. The highest BCUT2D eigenvalue weighted by Gasteiger charge is 2.02. The van der Waals surface area contributed by atoms with Crippen molar-refractivity contribution in [2.45, 2.75) is 13.5 Å². The van der Waals surface area contributed by atoms with Gasteiger partial charge in [0.1, 0.15) is 5.75 Å². The Morgan fingerprint density at radius 1 is 0.625 bits per heavy atom. The fourth-order valence-corrected chi connectivity index (χ4v) is 2.73. The average molecular weight is 318 g/mol. The normalized spacial score (nSPS) is 10.6. The van der Waals surface area contributed by atoms with Gasteiger partial charge in [0.15, 0.2) is 0 Å². The summed E-state index contributed by atoms with van der Waals surface area (Å²) in [5.41, 5.74) is 6.02. The summed E-state index contributed by atoms with van der Waals surface area (Å²) in [6.07, 6.45) is 0.